The number of nitro benzene ring substituents is 1. The molecule has 2 rings (SSSR count). The summed E-state index contributed by atoms with van der Waals surface area (Å²) in [5.74, 6) is -0.188. The molecular weight excluding hydrogens is 314 g/mol. The third-order valence-electron chi connectivity index (χ3n) is 3.25. The Bertz CT molecular complexity index is 707. The molecule has 120 valence electrons. The smallest absolute Gasteiger partial charge is 0.271 e. The minimum Gasteiger partial charge on any atom is -0.325 e. The molecule has 0 spiro atoms. The fraction of sp³-hybridized carbons (Fsp3) is 0.250. The highest BCUT2D eigenvalue weighted by Crippen LogP contribution is 2.26. The second-order valence-electron chi connectivity index (χ2n) is 4.93. The van der Waals surface area contributed by atoms with Gasteiger partial charge in [0.15, 0.2) is 0 Å². The highest BCUT2D eigenvalue weighted by molar-refractivity contribution is 8.00. The molecule has 0 fully saturated rings. The number of rotatable bonds is 6. The van der Waals surface area contributed by atoms with Crippen LogP contribution in [0.5, 0.6) is 0 Å². The molecule has 1 atom stereocenters. The zero-order valence-corrected chi connectivity index (χ0v) is 13.7. The number of nitrogens with zero attached hydrogens (tertiary/aromatic N) is 2. The van der Waals surface area contributed by atoms with E-state index in [0.717, 1.165) is 10.6 Å². The van der Waals surface area contributed by atoms with Crippen LogP contribution in [-0.2, 0) is 4.79 Å². The van der Waals surface area contributed by atoms with Crippen molar-refractivity contribution in [2.45, 2.75) is 30.5 Å². The molecule has 23 heavy (non-hydrogen) atoms. The van der Waals surface area contributed by atoms with Crippen molar-refractivity contribution in [3.63, 3.8) is 0 Å². The van der Waals surface area contributed by atoms with Gasteiger partial charge in [0.25, 0.3) is 5.69 Å². The summed E-state index contributed by atoms with van der Waals surface area (Å²) in [5, 5.41) is 14.1. The number of carbonyl (C=O) groups is 1. The van der Waals surface area contributed by atoms with Crippen LogP contribution in [0.4, 0.5) is 11.4 Å². The number of aryl methyl sites for hydroxylation is 1. The fourth-order valence-electron chi connectivity index (χ4n) is 1.96. The van der Waals surface area contributed by atoms with Crippen molar-refractivity contribution in [3.05, 3.63) is 58.3 Å². The van der Waals surface area contributed by atoms with E-state index in [4.69, 9.17) is 0 Å². The van der Waals surface area contributed by atoms with Crippen LogP contribution in [0.15, 0.2) is 47.6 Å². The summed E-state index contributed by atoms with van der Waals surface area (Å²) in [6.07, 6.45) is 2.30. The highest BCUT2D eigenvalue weighted by Gasteiger charge is 2.20. The van der Waals surface area contributed by atoms with Crippen molar-refractivity contribution in [1.82, 2.24) is 4.98 Å². The number of nitro groups is 1. The van der Waals surface area contributed by atoms with Crippen LogP contribution in [0.3, 0.4) is 0 Å². The Morgan fingerprint density at radius 1 is 1.39 bits per heavy atom. The summed E-state index contributed by atoms with van der Waals surface area (Å²) in [6, 6.07) is 9.96. The average molecular weight is 331 g/mol. The molecule has 6 nitrogen and oxygen atoms in total. The molecule has 1 amide bonds. The van der Waals surface area contributed by atoms with Crippen LogP contribution in [0.25, 0.3) is 0 Å². The second kappa shape index (κ2) is 7.73. The van der Waals surface area contributed by atoms with Gasteiger partial charge in [-0.15, -0.1) is 0 Å². The van der Waals surface area contributed by atoms with Crippen molar-refractivity contribution in [2.75, 3.05) is 5.32 Å². The lowest BCUT2D eigenvalue weighted by Crippen LogP contribution is -2.25. The molecule has 0 aliphatic rings. The number of non-ortho nitro benzene ring substituents is 1. The second-order valence-corrected chi connectivity index (χ2v) is 6.15. The van der Waals surface area contributed by atoms with Gasteiger partial charge in [0, 0.05) is 18.3 Å². The van der Waals surface area contributed by atoms with Crippen molar-refractivity contribution in [3.8, 4) is 0 Å². The summed E-state index contributed by atoms with van der Waals surface area (Å²) in [6.45, 7) is 3.71. The normalized spacial score (nSPS) is 11.7. The first kappa shape index (κ1) is 17.0. The van der Waals surface area contributed by atoms with Gasteiger partial charge in [-0.05, 0) is 31.0 Å². The van der Waals surface area contributed by atoms with Crippen molar-refractivity contribution >= 4 is 29.0 Å². The van der Waals surface area contributed by atoms with Crippen molar-refractivity contribution in [1.29, 1.82) is 0 Å². The van der Waals surface area contributed by atoms with E-state index in [1.165, 1.54) is 23.9 Å². The predicted octanol–water partition coefficient (Wildman–Crippen LogP) is 3.81. The summed E-state index contributed by atoms with van der Waals surface area (Å²) in [7, 11) is 0. The molecule has 0 bridgehead atoms. The predicted molar refractivity (Wildman–Crippen MR) is 90.6 cm³/mol. The first-order chi connectivity index (χ1) is 11.0. The fourth-order valence-corrected chi connectivity index (χ4v) is 2.86. The van der Waals surface area contributed by atoms with Crippen LogP contribution in [0.2, 0.25) is 0 Å². The summed E-state index contributed by atoms with van der Waals surface area (Å²) in [4.78, 5) is 27.0. The van der Waals surface area contributed by atoms with E-state index in [1.54, 1.807) is 19.2 Å². The zero-order valence-electron chi connectivity index (χ0n) is 12.9. The quantitative estimate of drug-likeness (QED) is 0.494. The Hall–Kier alpha value is -2.41. The minimum absolute atomic E-state index is 0.0451. The average Bonchev–Trinajstić information content (AvgIpc) is 2.55. The number of aromatic nitrogens is 1. The Balaban J connectivity index is 2.13. The number of hydrogen-bond acceptors (Lipinski definition) is 5. The molecule has 1 heterocycles. The molecule has 1 aromatic carbocycles. The van der Waals surface area contributed by atoms with E-state index < -0.39 is 4.92 Å². The van der Waals surface area contributed by atoms with E-state index in [0.29, 0.717) is 12.1 Å². The Kier molecular flexibility index (Phi) is 5.70. The van der Waals surface area contributed by atoms with E-state index in [1.807, 2.05) is 25.1 Å². The van der Waals surface area contributed by atoms with Crippen molar-refractivity contribution < 1.29 is 9.72 Å². The molecule has 0 saturated heterocycles. The molecule has 2 aromatic rings. The molecule has 0 aliphatic carbocycles. The Morgan fingerprint density at radius 2 is 2.17 bits per heavy atom. The number of hydrogen-bond donors (Lipinski definition) is 1. The summed E-state index contributed by atoms with van der Waals surface area (Å²) in [5.41, 5.74) is 1.20. The maximum absolute atomic E-state index is 12.5. The number of thioether (sulfide) groups is 1. The molecule has 1 aromatic heterocycles. The van der Waals surface area contributed by atoms with Gasteiger partial charge in [0.05, 0.1) is 20.9 Å². The van der Waals surface area contributed by atoms with E-state index in [-0.39, 0.29) is 16.8 Å². The van der Waals surface area contributed by atoms with E-state index in [2.05, 4.69) is 10.3 Å². The number of nitrogens with one attached hydrogen (secondary N) is 1. The Labute approximate surface area is 138 Å². The molecular formula is C16H17N3O3S. The van der Waals surface area contributed by atoms with E-state index >= 15 is 0 Å². The molecule has 1 unspecified atom stereocenters. The molecule has 1 N–H and O–H groups in total. The number of benzene rings is 1. The standard InChI is InChI=1S/C16H17N3O3S/c1-3-14(23-15-6-4-5-9-17-15)16(20)18-13-10-12(19(21)22)8-7-11(13)2/h4-10,14H,3H2,1-2H3,(H,18,20). The first-order valence-corrected chi connectivity index (χ1v) is 8.02. The third kappa shape index (κ3) is 4.53. The largest absolute Gasteiger partial charge is 0.325 e. The third-order valence-corrected chi connectivity index (χ3v) is 4.57. The van der Waals surface area contributed by atoms with Gasteiger partial charge in [-0.25, -0.2) is 4.98 Å². The zero-order chi connectivity index (χ0) is 16.8. The van der Waals surface area contributed by atoms with Gasteiger partial charge in [-0.1, -0.05) is 30.8 Å². The monoisotopic (exact) mass is 331 g/mol. The number of anilines is 1. The van der Waals surface area contributed by atoms with Crippen LogP contribution in [0, 0.1) is 17.0 Å². The van der Waals surface area contributed by atoms with Crippen molar-refractivity contribution in [2.24, 2.45) is 0 Å². The van der Waals surface area contributed by atoms with Gasteiger partial charge >= 0.3 is 0 Å². The van der Waals surface area contributed by atoms with Gasteiger partial charge < -0.3 is 5.32 Å². The lowest BCUT2D eigenvalue weighted by molar-refractivity contribution is -0.384. The first-order valence-electron chi connectivity index (χ1n) is 7.15. The van der Waals surface area contributed by atoms with E-state index in [9.17, 15) is 14.9 Å². The van der Waals surface area contributed by atoms with Gasteiger partial charge in [-0.2, -0.15) is 0 Å². The van der Waals surface area contributed by atoms with Gasteiger partial charge in [0.2, 0.25) is 5.91 Å². The number of amides is 1. The van der Waals surface area contributed by atoms with Crippen LogP contribution >= 0.6 is 11.8 Å². The van der Waals surface area contributed by atoms with Crippen LogP contribution in [0.1, 0.15) is 18.9 Å². The SMILES string of the molecule is CCC(Sc1ccccn1)C(=O)Nc1cc([N+](=O)[O-])ccc1C. The lowest BCUT2D eigenvalue weighted by Gasteiger charge is -2.15. The van der Waals surface area contributed by atoms with Gasteiger partial charge in [-0.3, -0.25) is 14.9 Å². The summed E-state index contributed by atoms with van der Waals surface area (Å²) >= 11 is 1.38. The van der Waals surface area contributed by atoms with Gasteiger partial charge in [0.1, 0.15) is 0 Å². The molecule has 0 radical (unpaired) electrons. The summed E-state index contributed by atoms with van der Waals surface area (Å²) < 4.78 is 0. The van der Waals surface area contributed by atoms with Crippen LogP contribution < -0.4 is 5.32 Å². The number of carbonyl (C=O) groups excluding carboxylic acids is 1. The molecule has 7 heteroatoms. The molecule has 0 saturated carbocycles. The maximum atomic E-state index is 12.5. The number of pyridine rings is 1. The minimum atomic E-state index is -0.477. The highest BCUT2D eigenvalue weighted by atomic mass is 32.2. The topological polar surface area (TPSA) is 85.1 Å². The maximum Gasteiger partial charge on any atom is 0.271 e. The lowest BCUT2D eigenvalue weighted by atomic mass is 10.1. The Morgan fingerprint density at radius 3 is 2.78 bits per heavy atom. The molecule has 0 aliphatic heterocycles. The van der Waals surface area contributed by atoms with Crippen LogP contribution in [-0.4, -0.2) is 21.1 Å².